The zero-order chi connectivity index (χ0) is 12.4. The van der Waals surface area contributed by atoms with Crippen molar-refractivity contribution in [1.82, 2.24) is 20.2 Å². The number of aliphatic hydroxyl groups excluding tert-OH is 1. The predicted molar refractivity (Wildman–Crippen MR) is 66.0 cm³/mol. The summed E-state index contributed by atoms with van der Waals surface area (Å²) in [6.07, 6.45) is 1.18. The molecule has 2 aromatic rings. The zero-order valence-electron chi connectivity index (χ0n) is 9.61. The lowest BCUT2D eigenvalue weighted by atomic mass is 10.1. The van der Waals surface area contributed by atoms with Crippen LogP contribution in [0.25, 0.3) is 11.0 Å². The first-order valence-corrected chi connectivity index (χ1v) is 5.74. The summed E-state index contributed by atoms with van der Waals surface area (Å²) in [4.78, 5) is 8.07. The highest BCUT2D eigenvalue weighted by Gasteiger charge is 2.12. The van der Waals surface area contributed by atoms with Gasteiger partial charge in [0, 0.05) is 6.54 Å². The summed E-state index contributed by atoms with van der Waals surface area (Å²) in [7, 11) is 0. The minimum Gasteiger partial charge on any atom is -0.391 e. The van der Waals surface area contributed by atoms with Gasteiger partial charge >= 0.3 is 0 Å². The van der Waals surface area contributed by atoms with Crippen molar-refractivity contribution in [3.05, 3.63) is 11.5 Å². The van der Waals surface area contributed by atoms with E-state index in [0.29, 0.717) is 18.0 Å². The van der Waals surface area contributed by atoms with Crippen molar-refractivity contribution in [3.63, 3.8) is 0 Å². The third kappa shape index (κ3) is 2.65. The number of aromatic nitrogens is 4. The van der Waals surface area contributed by atoms with E-state index < -0.39 is 6.10 Å². The van der Waals surface area contributed by atoms with Crippen molar-refractivity contribution in [2.24, 2.45) is 5.92 Å². The van der Waals surface area contributed by atoms with Crippen LogP contribution in [0, 0.1) is 5.92 Å². The largest absolute Gasteiger partial charge is 0.391 e. The summed E-state index contributed by atoms with van der Waals surface area (Å²) in [6, 6.07) is 0. The summed E-state index contributed by atoms with van der Waals surface area (Å²) in [5, 5.41) is 20.3. The van der Waals surface area contributed by atoms with E-state index in [4.69, 9.17) is 11.6 Å². The van der Waals surface area contributed by atoms with Gasteiger partial charge in [0.05, 0.1) is 17.7 Å². The molecule has 1 unspecified atom stereocenters. The van der Waals surface area contributed by atoms with Gasteiger partial charge in [0.15, 0.2) is 5.65 Å². The van der Waals surface area contributed by atoms with Crippen LogP contribution in [0.4, 0.5) is 5.82 Å². The first-order valence-electron chi connectivity index (χ1n) is 5.36. The molecule has 0 radical (unpaired) electrons. The average molecular weight is 256 g/mol. The maximum absolute atomic E-state index is 9.72. The average Bonchev–Trinajstić information content (AvgIpc) is 2.72. The van der Waals surface area contributed by atoms with Crippen molar-refractivity contribution in [3.8, 4) is 0 Å². The molecule has 0 aliphatic heterocycles. The van der Waals surface area contributed by atoms with Crippen LogP contribution in [0.5, 0.6) is 0 Å². The molecule has 0 bridgehead atoms. The highest BCUT2D eigenvalue weighted by atomic mass is 35.5. The van der Waals surface area contributed by atoms with E-state index >= 15 is 0 Å². The second kappa shape index (κ2) is 4.85. The number of anilines is 1. The lowest BCUT2D eigenvalue weighted by Gasteiger charge is -2.15. The standard InChI is InChI=1S/C10H14ClN5O/c1-5(2)7(17)4-12-8-6-3-13-16-9(6)15-10(11)14-8/h3,5,7,17H,4H2,1-2H3,(H2,12,13,14,15,16). The number of fused-ring (bicyclic) bond motifs is 1. The van der Waals surface area contributed by atoms with E-state index in [1.165, 1.54) is 0 Å². The van der Waals surface area contributed by atoms with Crippen molar-refractivity contribution in [1.29, 1.82) is 0 Å². The maximum atomic E-state index is 9.72. The lowest BCUT2D eigenvalue weighted by molar-refractivity contribution is 0.138. The fraction of sp³-hybridized carbons (Fsp3) is 0.500. The number of nitrogens with one attached hydrogen (secondary N) is 2. The third-order valence-electron chi connectivity index (χ3n) is 2.53. The predicted octanol–water partition coefficient (Wildman–Crippen LogP) is 1.44. The molecular weight excluding hydrogens is 242 g/mol. The van der Waals surface area contributed by atoms with E-state index in [1.54, 1.807) is 6.20 Å². The normalized spacial score (nSPS) is 13.2. The molecule has 0 spiro atoms. The molecule has 0 aliphatic carbocycles. The molecule has 6 nitrogen and oxygen atoms in total. The van der Waals surface area contributed by atoms with Gasteiger partial charge in [-0.15, -0.1) is 0 Å². The van der Waals surface area contributed by atoms with Crippen molar-refractivity contribution < 1.29 is 5.11 Å². The molecule has 0 saturated carbocycles. The second-order valence-electron chi connectivity index (χ2n) is 4.17. The van der Waals surface area contributed by atoms with E-state index in [9.17, 15) is 5.11 Å². The smallest absolute Gasteiger partial charge is 0.226 e. The molecule has 2 aromatic heterocycles. The van der Waals surface area contributed by atoms with Crippen molar-refractivity contribution >= 4 is 28.5 Å². The Hall–Kier alpha value is -1.40. The summed E-state index contributed by atoms with van der Waals surface area (Å²) in [5.41, 5.74) is 0.575. The van der Waals surface area contributed by atoms with Gasteiger partial charge in [-0.2, -0.15) is 15.1 Å². The Morgan fingerprint density at radius 2 is 2.24 bits per heavy atom. The number of aromatic amines is 1. The number of rotatable bonds is 4. The Morgan fingerprint density at radius 1 is 1.47 bits per heavy atom. The van der Waals surface area contributed by atoms with Gasteiger partial charge < -0.3 is 10.4 Å². The molecule has 0 aromatic carbocycles. The Kier molecular flexibility index (Phi) is 3.44. The van der Waals surface area contributed by atoms with E-state index in [0.717, 1.165) is 5.39 Å². The molecule has 7 heteroatoms. The van der Waals surface area contributed by atoms with Crippen LogP contribution in [0.3, 0.4) is 0 Å². The van der Waals surface area contributed by atoms with Crippen LogP contribution in [-0.4, -0.2) is 37.9 Å². The highest BCUT2D eigenvalue weighted by molar-refractivity contribution is 6.28. The SMILES string of the molecule is CC(C)C(O)CNc1nc(Cl)nc2[nH]ncc12. The minimum absolute atomic E-state index is 0.142. The first-order chi connectivity index (χ1) is 8.08. The van der Waals surface area contributed by atoms with Crippen molar-refractivity contribution in [2.75, 3.05) is 11.9 Å². The summed E-state index contributed by atoms with van der Waals surface area (Å²) in [5.74, 6) is 0.757. The number of nitrogens with zero attached hydrogens (tertiary/aromatic N) is 3. The summed E-state index contributed by atoms with van der Waals surface area (Å²) < 4.78 is 0. The number of halogens is 1. The quantitative estimate of drug-likeness (QED) is 0.720. The van der Waals surface area contributed by atoms with Gasteiger partial charge in [0.25, 0.3) is 0 Å². The zero-order valence-corrected chi connectivity index (χ0v) is 10.4. The Balaban J connectivity index is 2.20. The number of aliphatic hydroxyl groups is 1. The third-order valence-corrected chi connectivity index (χ3v) is 2.70. The summed E-state index contributed by atoms with van der Waals surface area (Å²) in [6.45, 7) is 4.31. The van der Waals surface area contributed by atoms with Gasteiger partial charge in [0.2, 0.25) is 5.28 Å². The monoisotopic (exact) mass is 255 g/mol. The fourth-order valence-electron chi connectivity index (χ4n) is 1.38. The minimum atomic E-state index is -0.439. The lowest BCUT2D eigenvalue weighted by Crippen LogP contribution is -2.25. The summed E-state index contributed by atoms with van der Waals surface area (Å²) >= 11 is 5.79. The van der Waals surface area contributed by atoms with Crippen LogP contribution in [0.2, 0.25) is 5.28 Å². The molecule has 1 atom stereocenters. The van der Waals surface area contributed by atoms with Gasteiger partial charge in [-0.1, -0.05) is 13.8 Å². The molecular formula is C10H14ClN5O. The molecule has 0 fully saturated rings. The maximum Gasteiger partial charge on any atom is 0.226 e. The van der Waals surface area contributed by atoms with Gasteiger partial charge in [-0.05, 0) is 17.5 Å². The molecule has 3 N–H and O–H groups in total. The Morgan fingerprint density at radius 3 is 2.94 bits per heavy atom. The molecule has 92 valence electrons. The van der Waals surface area contributed by atoms with E-state index in [-0.39, 0.29) is 11.2 Å². The van der Waals surface area contributed by atoms with E-state index in [1.807, 2.05) is 13.8 Å². The molecule has 2 heterocycles. The van der Waals surface area contributed by atoms with Crippen LogP contribution in [0.1, 0.15) is 13.8 Å². The van der Waals surface area contributed by atoms with Gasteiger partial charge in [0.1, 0.15) is 5.82 Å². The van der Waals surface area contributed by atoms with Crippen molar-refractivity contribution in [2.45, 2.75) is 20.0 Å². The Bertz CT molecular complexity index is 512. The van der Waals surface area contributed by atoms with Gasteiger partial charge in [-0.25, -0.2) is 0 Å². The Labute approximate surface area is 103 Å². The topological polar surface area (TPSA) is 86.7 Å². The molecule has 0 amide bonds. The molecule has 0 aliphatic rings. The molecule has 17 heavy (non-hydrogen) atoms. The fourth-order valence-corrected chi connectivity index (χ4v) is 1.55. The van der Waals surface area contributed by atoms with Crippen LogP contribution in [-0.2, 0) is 0 Å². The van der Waals surface area contributed by atoms with Crippen LogP contribution < -0.4 is 5.32 Å². The van der Waals surface area contributed by atoms with E-state index in [2.05, 4.69) is 25.5 Å². The first kappa shape index (κ1) is 12.1. The number of H-pyrrole nitrogens is 1. The second-order valence-corrected chi connectivity index (χ2v) is 4.50. The molecule has 0 saturated heterocycles. The highest BCUT2D eigenvalue weighted by Crippen LogP contribution is 2.20. The van der Waals surface area contributed by atoms with Crippen LogP contribution >= 0.6 is 11.6 Å². The number of hydrogen-bond acceptors (Lipinski definition) is 5. The van der Waals surface area contributed by atoms with Crippen LogP contribution in [0.15, 0.2) is 6.20 Å². The number of hydrogen-bond donors (Lipinski definition) is 3. The molecule has 2 rings (SSSR count). The van der Waals surface area contributed by atoms with Gasteiger partial charge in [-0.3, -0.25) is 5.10 Å².